The first-order valence-electron chi connectivity index (χ1n) is 8.81. The minimum absolute atomic E-state index is 0.118. The van der Waals surface area contributed by atoms with Gasteiger partial charge in [0.15, 0.2) is 5.57 Å². The molecule has 5 heteroatoms. The van der Waals surface area contributed by atoms with Crippen molar-refractivity contribution in [2.24, 2.45) is 0 Å². The fourth-order valence-corrected chi connectivity index (χ4v) is 2.63. The van der Waals surface area contributed by atoms with Crippen molar-refractivity contribution in [2.45, 2.75) is 20.8 Å². The molecule has 5 nitrogen and oxygen atoms in total. The van der Waals surface area contributed by atoms with Crippen molar-refractivity contribution < 1.29 is 23.8 Å². The molecule has 0 atom stereocenters. The summed E-state index contributed by atoms with van der Waals surface area (Å²) in [6.45, 7) is 5.68. The van der Waals surface area contributed by atoms with Gasteiger partial charge in [0.1, 0.15) is 5.75 Å². The molecule has 2 rings (SSSR count). The number of rotatable bonds is 7. The molecule has 0 aliphatic rings. The fourth-order valence-electron chi connectivity index (χ4n) is 2.63. The summed E-state index contributed by atoms with van der Waals surface area (Å²) in [6, 6.07) is 14.7. The lowest BCUT2D eigenvalue weighted by Crippen LogP contribution is -2.20. The summed E-state index contributed by atoms with van der Waals surface area (Å²) in [5.74, 6) is -0.736. The molecule has 0 heterocycles. The molecule has 0 bridgehead atoms. The predicted molar refractivity (Wildman–Crippen MR) is 103 cm³/mol. The van der Waals surface area contributed by atoms with Crippen LogP contribution < -0.4 is 4.74 Å². The Morgan fingerprint density at radius 1 is 0.778 bits per heavy atom. The van der Waals surface area contributed by atoms with Crippen molar-refractivity contribution in [3.05, 3.63) is 70.8 Å². The van der Waals surface area contributed by atoms with Gasteiger partial charge in [-0.3, -0.25) is 0 Å². The van der Waals surface area contributed by atoms with E-state index < -0.39 is 11.9 Å². The SMILES string of the molecule is CCOC(=O)C(C(=O)OCC)=C(c1ccc(C)cc1)c1ccc(OC)cc1. The Labute approximate surface area is 159 Å². The highest BCUT2D eigenvalue weighted by atomic mass is 16.6. The van der Waals surface area contributed by atoms with E-state index in [2.05, 4.69) is 0 Å². The van der Waals surface area contributed by atoms with Crippen molar-refractivity contribution >= 4 is 17.5 Å². The van der Waals surface area contributed by atoms with Crippen LogP contribution in [0.15, 0.2) is 54.1 Å². The van der Waals surface area contributed by atoms with Crippen molar-refractivity contribution in [3.8, 4) is 5.75 Å². The summed E-state index contributed by atoms with van der Waals surface area (Å²) in [5, 5.41) is 0. The van der Waals surface area contributed by atoms with Gasteiger partial charge in [0.25, 0.3) is 0 Å². The van der Waals surface area contributed by atoms with Gasteiger partial charge in [-0.1, -0.05) is 42.0 Å². The van der Waals surface area contributed by atoms with Crippen LogP contribution in [-0.2, 0) is 19.1 Å². The molecule has 0 saturated heterocycles. The van der Waals surface area contributed by atoms with Gasteiger partial charge in [0.2, 0.25) is 0 Å². The zero-order valence-electron chi connectivity index (χ0n) is 16.1. The van der Waals surface area contributed by atoms with Crippen LogP contribution in [-0.4, -0.2) is 32.3 Å². The smallest absolute Gasteiger partial charge is 0.346 e. The van der Waals surface area contributed by atoms with Crippen LogP contribution in [0.4, 0.5) is 0 Å². The van der Waals surface area contributed by atoms with Crippen LogP contribution in [0, 0.1) is 6.92 Å². The number of esters is 2. The third-order valence-electron chi connectivity index (χ3n) is 3.93. The lowest BCUT2D eigenvalue weighted by molar-refractivity contribution is -0.146. The van der Waals surface area contributed by atoms with E-state index >= 15 is 0 Å². The molecule has 2 aromatic carbocycles. The Kier molecular flexibility index (Phi) is 7.17. The van der Waals surface area contributed by atoms with Gasteiger partial charge in [-0.05, 0) is 44.0 Å². The molecule has 0 N–H and O–H groups in total. The number of carbonyl (C=O) groups is 2. The van der Waals surface area contributed by atoms with E-state index in [1.165, 1.54) is 0 Å². The second-order valence-electron chi connectivity index (χ2n) is 5.79. The largest absolute Gasteiger partial charge is 0.497 e. The molecule has 142 valence electrons. The van der Waals surface area contributed by atoms with E-state index in [-0.39, 0.29) is 18.8 Å². The normalized spacial score (nSPS) is 10.1. The minimum Gasteiger partial charge on any atom is -0.497 e. The molecule has 0 aliphatic carbocycles. The number of benzene rings is 2. The number of hydrogen-bond acceptors (Lipinski definition) is 5. The summed E-state index contributed by atoms with van der Waals surface area (Å²) >= 11 is 0. The molecule has 0 aromatic heterocycles. The van der Waals surface area contributed by atoms with Gasteiger partial charge >= 0.3 is 11.9 Å². The monoisotopic (exact) mass is 368 g/mol. The summed E-state index contributed by atoms with van der Waals surface area (Å²) in [6.07, 6.45) is 0. The van der Waals surface area contributed by atoms with Gasteiger partial charge in [0.05, 0.1) is 20.3 Å². The van der Waals surface area contributed by atoms with Gasteiger partial charge < -0.3 is 14.2 Å². The van der Waals surface area contributed by atoms with Crippen LogP contribution in [0.3, 0.4) is 0 Å². The first kappa shape index (κ1) is 20.2. The number of carbonyl (C=O) groups excluding carboxylic acids is 2. The Bertz CT molecular complexity index is 797. The van der Waals surface area contributed by atoms with Gasteiger partial charge in [-0.25, -0.2) is 9.59 Å². The summed E-state index contributed by atoms with van der Waals surface area (Å²) in [5.41, 5.74) is 2.83. The van der Waals surface area contributed by atoms with Crippen molar-refractivity contribution in [1.29, 1.82) is 0 Å². The Hall–Kier alpha value is -3.08. The van der Waals surface area contributed by atoms with Crippen LogP contribution >= 0.6 is 0 Å². The third kappa shape index (κ3) is 4.97. The van der Waals surface area contributed by atoms with Crippen LogP contribution in [0.2, 0.25) is 0 Å². The lowest BCUT2D eigenvalue weighted by atomic mass is 9.92. The quantitative estimate of drug-likeness (QED) is 0.321. The zero-order chi connectivity index (χ0) is 19.8. The van der Waals surface area contributed by atoms with Crippen LogP contribution in [0.1, 0.15) is 30.5 Å². The van der Waals surface area contributed by atoms with E-state index in [0.717, 1.165) is 11.1 Å². The van der Waals surface area contributed by atoms with Crippen LogP contribution in [0.25, 0.3) is 5.57 Å². The van der Waals surface area contributed by atoms with Gasteiger partial charge in [-0.15, -0.1) is 0 Å². The minimum atomic E-state index is -0.706. The second-order valence-corrected chi connectivity index (χ2v) is 5.79. The van der Waals surface area contributed by atoms with E-state index in [9.17, 15) is 9.59 Å². The molecule has 27 heavy (non-hydrogen) atoms. The fraction of sp³-hybridized carbons (Fsp3) is 0.273. The highest BCUT2D eigenvalue weighted by Crippen LogP contribution is 2.30. The lowest BCUT2D eigenvalue weighted by Gasteiger charge is -2.15. The molecule has 0 saturated carbocycles. The number of ether oxygens (including phenoxy) is 3. The maximum absolute atomic E-state index is 12.6. The predicted octanol–water partition coefficient (Wildman–Crippen LogP) is 3.93. The maximum atomic E-state index is 12.6. The highest BCUT2D eigenvalue weighted by molar-refractivity contribution is 6.21. The molecule has 0 aliphatic heterocycles. The van der Waals surface area contributed by atoms with E-state index in [1.54, 1.807) is 45.2 Å². The van der Waals surface area contributed by atoms with Crippen LogP contribution in [0.5, 0.6) is 5.75 Å². The molecular formula is C22H24O5. The third-order valence-corrected chi connectivity index (χ3v) is 3.93. The number of aryl methyl sites for hydroxylation is 1. The first-order chi connectivity index (χ1) is 13.0. The highest BCUT2D eigenvalue weighted by Gasteiger charge is 2.27. The second kappa shape index (κ2) is 9.57. The molecule has 0 spiro atoms. The van der Waals surface area contributed by atoms with Crippen molar-refractivity contribution in [3.63, 3.8) is 0 Å². The van der Waals surface area contributed by atoms with Crippen molar-refractivity contribution in [2.75, 3.05) is 20.3 Å². The Morgan fingerprint density at radius 2 is 1.22 bits per heavy atom. The van der Waals surface area contributed by atoms with E-state index in [1.807, 2.05) is 31.2 Å². The maximum Gasteiger partial charge on any atom is 0.346 e. The molecule has 0 unspecified atom stereocenters. The van der Waals surface area contributed by atoms with Gasteiger partial charge in [0, 0.05) is 5.57 Å². The number of hydrogen-bond donors (Lipinski definition) is 0. The Balaban J connectivity index is 2.74. The van der Waals surface area contributed by atoms with Gasteiger partial charge in [-0.2, -0.15) is 0 Å². The summed E-state index contributed by atoms with van der Waals surface area (Å²) in [4.78, 5) is 25.3. The first-order valence-corrected chi connectivity index (χ1v) is 8.81. The molecule has 0 amide bonds. The Morgan fingerprint density at radius 3 is 1.63 bits per heavy atom. The number of methoxy groups -OCH3 is 1. The topological polar surface area (TPSA) is 61.8 Å². The molecule has 2 aromatic rings. The average Bonchev–Trinajstić information content (AvgIpc) is 2.67. The summed E-state index contributed by atoms with van der Waals surface area (Å²) in [7, 11) is 1.58. The average molecular weight is 368 g/mol. The standard InChI is InChI=1S/C22H24O5/c1-5-26-21(23)20(22(24)27-6-2)19(16-9-7-15(3)8-10-16)17-11-13-18(25-4)14-12-17/h7-14H,5-6H2,1-4H3. The van der Waals surface area contributed by atoms with Crippen molar-refractivity contribution in [1.82, 2.24) is 0 Å². The van der Waals surface area contributed by atoms with E-state index in [0.29, 0.717) is 16.9 Å². The molecule has 0 radical (unpaired) electrons. The van der Waals surface area contributed by atoms with E-state index in [4.69, 9.17) is 14.2 Å². The molecular weight excluding hydrogens is 344 g/mol. The zero-order valence-corrected chi connectivity index (χ0v) is 16.1. The summed E-state index contributed by atoms with van der Waals surface area (Å²) < 4.78 is 15.5. The molecule has 0 fully saturated rings.